The largest absolute Gasteiger partial charge is 0.375 e. The quantitative estimate of drug-likeness (QED) is 0.718. The van der Waals surface area contributed by atoms with Crippen molar-refractivity contribution in [1.29, 1.82) is 0 Å². The number of ether oxygens (including phenoxy) is 1. The molecule has 1 nitrogen and oxygen atoms in total. The van der Waals surface area contributed by atoms with Gasteiger partial charge in [-0.15, -0.1) is 23.2 Å². The van der Waals surface area contributed by atoms with Crippen molar-refractivity contribution in [3.05, 3.63) is 35.4 Å². The van der Waals surface area contributed by atoms with Crippen LogP contribution in [0.15, 0.2) is 24.3 Å². The predicted molar refractivity (Wildman–Crippen MR) is 82.5 cm³/mol. The summed E-state index contributed by atoms with van der Waals surface area (Å²) in [5.41, 5.74) is 2.31. The molecule has 1 aromatic rings. The van der Waals surface area contributed by atoms with Crippen molar-refractivity contribution < 1.29 is 4.74 Å². The van der Waals surface area contributed by atoms with Crippen LogP contribution in [0.4, 0.5) is 0 Å². The first-order valence-electron chi connectivity index (χ1n) is 6.94. The first-order valence-corrected chi connectivity index (χ1v) is 8.01. The number of hydrogen-bond donors (Lipinski definition) is 0. The molecule has 0 N–H and O–H groups in total. The second-order valence-electron chi connectivity index (χ2n) is 5.77. The number of halogens is 2. The van der Waals surface area contributed by atoms with E-state index in [1.807, 2.05) is 0 Å². The van der Waals surface area contributed by atoms with E-state index >= 15 is 0 Å². The first-order chi connectivity index (χ1) is 9.09. The molecule has 2 rings (SSSR count). The van der Waals surface area contributed by atoms with Crippen molar-refractivity contribution >= 4 is 23.2 Å². The molecule has 2 atom stereocenters. The predicted octanol–water partition coefficient (Wildman–Crippen LogP) is 4.67. The lowest BCUT2D eigenvalue weighted by molar-refractivity contribution is 0.0400. The van der Waals surface area contributed by atoms with Crippen LogP contribution in [0.5, 0.6) is 0 Å². The van der Waals surface area contributed by atoms with Crippen molar-refractivity contribution in [2.24, 2.45) is 0 Å². The lowest BCUT2D eigenvalue weighted by Crippen LogP contribution is -2.35. The molecule has 0 aliphatic carbocycles. The van der Waals surface area contributed by atoms with Crippen LogP contribution >= 0.6 is 23.2 Å². The minimum Gasteiger partial charge on any atom is -0.375 e. The molecule has 1 aliphatic rings. The monoisotopic (exact) mass is 300 g/mol. The van der Waals surface area contributed by atoms with Crippen LogP contribution in [-0.2, 0) is 10.2 Å². The van der Waals surface area contributed by atoms with Gasteiger partial charge in [0.2, 0.25) is 0 Å². The van der Waals surface area contributed by atoms with Gasteiger partial charge in [0.25, 0.3) is 0 Å². The summed E-state index contributed by atoms with van der Waals surface area (Å²) in [5.74, 6) is 1.07. The van der Waals surface area contributed by atoms with Crippen molar-refractivity contribution in [2.45, 2.75) is 50.7 Å². The van der Waals surface area contributed by atoms with Crippen molar-refractivity contribution in [3.63, 3.8) is 0 Å². The molecular weight excluding hydrogens is 279 g/mol. The second-order valence-corrected chi connectivity index (χ2v) is 6.30. The van der Waals surface area contributed by atoms with E-state index in [1.54, 1.807) is 0 Å². The molecule has 1 heterocycles. The van der Waals surface area contributed by atoms with E-state index < -0.39 is 0 Å². The highest BCUT2D eigenvalue weighted by Gasteiger charge is 2.36. The molecular formula is C16H22Cl2O. The molecule has 19 heavy (non-hydrogen) atoms. The van der Waals surface area contributed by atoms with E-state index in [0.717, 1.165) is 19.3 Å². The highest BCUT2D eigenvalue weighted by atomic mass is 35.5. The fraction of sp³-hybridized carbons (Fsp3) is 0.625. The highest BCUT2D eigenvalue weighted by Crippen LogP contribution is 2.37. The average molecular weight is 301 g/mol. The van der Waals surface area contributed by atoms with Crippen LogP contribution < -0.4 is 0 Å². The maximum Gasteiger partial charge on any atom is 0.0589 e. The van der Waals surface area contributed by atoms with Gasteiger partial charge < -0.3 is 4.74 Å². The van der Waals surface area contributed by atoms with E-state index in [-0.39, 0.29) is 11.5 Å². The molecule has 1 aromatic carbocycles. The van der Waals surface area contributed by atoms with Crippen molar-refractivity contribution in [2.75, 3.05) is 11.8 Å². The summed E-state index contributed by atoms with van der Waals surface area (Å²) >= 11 is 12.6. The average Bonchev–Trinajstić information content (AvgIpc) is 2.81. The van der Waals surface area contributed by atoms with Gasteiger partial charge in [0, 0.05) is 17.2 Å². The Labute approximate surface area is 126 Å². The molecule has 0 radical (unpaired) electrons. The van der Waals surface area contributed by atoms with E-state index in [0.29, 0.717) is 17.9 Å². The van der Waals surface area contributed by atoms with Crippen molar-refractivity contribution in [3.8, 4) is 0 Å². The Bertz CT molecular complexity index is 415. The van der Waals surface area contributed by atoms with Gasteiger partial charge in [0.1, 0.15) is 0 Å². The standard InChI is InChI=1S/C16H22Cl2O/c1-12-4-3-5-14(8-12)16(10-17,11-18)9-15-7-6-13(2)19-15/h3-5,8,13,15H,6-7,9-11H2,1-2H3. The van der Waals surface area contributed by atoms with Gasteiger partial charge >= 0.3 is 0 Å². The SMILES string of the molecule is Cc1cccc(C(CCl)(CCl)CC2CCC(C)O2)c1. The fourth-order valence-electron chi connectivity index (χ4n) is 2.86. The lowest BCUT2D eigenvalue weighted by atomic mass is 9.78. The number of aryl methyl sites for hydroxylation is 1. The Balaban J connectivity index is 2.21. The maximum absolute atomic E-state index is 6.29. The molecule has 2 unspecified atom stereocenters. The second kappa shape index (κ2) is 6.47. The fourth-order valence-corrected chi connectivity index (χ4v) is 3.68. The van der Waals surface area contributed by atoms with Gasteiger partial charge in [-0.2, -0.15) is 0 Å². The molecule has 1 aliphatic heterocycles. The number of rotatable bonds is 5. The molecule has 0 amide bonds. The van der Waals surface area contributed by atoms with Crippen LogP contribution in [-0.4, -0.2) is 24.0 Å². The van der Waals surface area contributed by atoms with Gasteiger partial charge in [-0.3, -0.25) is 0 Å². The topological polar surface area (TPSA) is 9.23 Å². The molecule has 1 saturated heterocycles. The van der Waals surface area contributed by atoms with Crippen LogP contribution in [0.2, 0.25) is 0 Å². The molecule has 1 fully saturated rings. The summed E-state index contributed by atoms with van der Waals surface area (Å²) in [7, 11) is 0. The smallest absolute Gasteiger partial charge is 0.0589 e. The van der Waals surface area contributed by atoms with Gasteiger partial charge in [0.05, 0.1) is 12.2 Å². The molecule has 0 aromatic heterocycles. The Kier molecular flexibility index (Phi) is 5.16. The first kappa shape index (κ1) is 15.2. The summed E-state index contributed by atoms with van der Waals surface area (Å²) in [4.78, 5) is 0. The molecule has 0 bridgehead atoms. The summed E-state index contributed by atoms with van der Waals surface area (Å²) in [6, 6.07) is 8.51. The van der Waals surface area contributed by atoms with Crippen LogP contribution in [0.1, 0.15) is 37.3 Å². The van der Waals surface area contributed by atoms with Crippen molar-refractivity contribution in [1.82, 2.24) is 0 Å². The normalized spacial score (nSPS) is 23.8. The van der Waals surface area contributed by atoms with E-state index in [4.69, 9.17) is 27.9 Å². The zero-order chi connectivity index (χ0) is 13.9. The highest BCUT2D eigenvalue weighted by molar-refractivity contribution is 6.22. The zero-order valence-corrected chi connectivity index (χ0v) is 13.2. The Morgan fingerprint density at radius 1 is 1.26 bits per heavy atom. The lowest BCUT2D eigenvalue weighted by Gasteiger charge is -2.33. The zero-order valence-electron chi connectivity index (χ0n) is 11.7. The number of alkyl halides is 2. The molecule has 0 spiro atoms. The Morgan fingerprint density at radius 2 is 2.00 bits per heavy atom. The number of hydrogen-bond acceptors (Lipinski definition) is 1. The van der Waals surface area contributed by atoms with Gasteiger partial charge in [-0.05, 0) is 38.7 Å². The molecule has 0 saturated carbocycles. The Morgan fingerprint density at radius 3 is 2.53 bits per heavy atom. The summed E-state index contributed by atoms with van der Waals surface area (Å²) in [5, 5.41) is 0. The summed E-state index contributed by atoms with van der Waals surface area (Å²) in [6.45, 7) is 4.24. The van der Waals surface area contributed by atoms with Crippen LogP contribution in [0, 0.1) is 6.92 Å². The summed E-state index contributed by atoms with van der Waals surface area (Å²) < 4.78 is 5.95. The third-order valence-corrected chi connectivity index (χ3v) is 5.10. The minimum absolute atomic E-state index is 0.177. The Hall–Kier alpha value is -0.240. The van der Waals surface area contributed by atoms with Gasteiger partial charge in [-0.1, -0.05) is 29.8 Å². The maximum atomic E-state index is 6.29. The minimum atomic E-state index is -0.177. The van der Waals surface area contributed by atoms with E-state index in [2.05, 4.69) is 38.1 Å². The molecule has 3 heteroatoms. The van der Waals surface area contributed by atoms with E-state index in [1.165, 1.54) is 11.1 Å². The van der Waals surface area contributed by atoms with E-state index in [9.17, 15) is 0 Å². The summed E-state index contributed by atoms with van der Waals surface area (Å²) in [6.07, 6.45) is 3.81. The number of benzene rings is 1. The van der Waals surface area contributed by atoms with Gasteiger partial charge in [0.15, 0.2) is 0 Å². The van der Waals surface area contributed by atoms with Crippen LogP contribution in [0.3, 0.4) is 0 Å². The molecule has 106 valence electrons. The van der Waals surface area contributed by atoms with Crippen LogP contribution in [0.25, 0.3) is 0 Å². The third-order valence-electron chi connectivity index (χ3n) is 4.08. The van der Waals surface area contributed by atoms with Gasteiger partial charge in [-0.25, -0.2) is 0 Å². The third kappa shape index (κ3) is 3.45.